The van der Waals surface area contributed by atoms with Crippen LogP contribution < -0.4 is 0 Å². The normalized spacial score (nSPS) is 12.6. The first-order valence-corrected chi connectivity index (χ1v) is 17.0. The Morgan fingerprint density at radius 2 is 0.976 bits per heavy atom. The van der Waals surface area contributed by atoms with Crippen LogP contribution >= 0.6 is 0 Å². The Hall–Kier alpha value is -1.88. The highest BCUT2D eigenvalue weighted by Gasteiger charge is 2.16. The van der Waals surface area contributed by atoms with Crippen molar-refractivity contribution in [1.82, 2.24) is 0 Å². The zero-order valence-corrected chi connectivity index (χ0v) is 26.8. The number of rotatable bonds is 30. The van der Waals surface area contributed by atoms with Crippen molar-refractivity contribution in [3.8, 4) is 0 Å². The van der Waals surface area contributed by atoms with Crippen LogP contribution in [0.15, 0.2) is 36.5 Å². The molecular weight excluding hydrogens is 512 g/mol. The molecule has 5 heteroatoms. The van der Waals surface area contributed by atoms with Crippen LogP contribution in [0.5, 0.6) is 0 Å². The topological polar surface area (TPSA) is 72.8 Å². The van der Waals surface area contributed by atoms with E-state index in [9.17, 15) is 14.7 Å². The highest BCUT2D eigenvalue weighted by atomic mass is 16.6. The number of carbonyl (C=O) groups is 2. The number of aliphatic hydroxyl groups is 1. The average molecular weight is 577 g/mol. The molecule has 1 atom stereocenters. The van der Waals surface area contributed by atoms with Crippen molar-refractivity contribution in [2.45, 2.75) is 168 Å². The Morgan fingerprint density at radius 3 is 1.51 bits per heavy atom. The first-order chi connectivity index (χ1) is 20.1. The Morgan fingerprint density at radius 1 is 0.561 bits per heavy atom. The van der Waals surface area contributed by atoms with E-state index >= 15 is 0 Å². The van der Waals surface area contributed by atoms with Gasteiger partial charge >= 0.3 is 11.9 Å². The highest BCUT2D eigenvalue weighted by molar-refractivity contribution is 5.70. The number of aliphatic hydroxyl groups excluding tert-OH is 1. The largest absolute Gasteiger partial charge is 0.462 e. The van der Waals surface area contributed by atoms with Crippen molar-refractivity contribution in [3.63, 3.8) is 0 Å². The number of allylic oxidation sites excluding steroid dienone is 6. The molecule has 41 heavy (non-hydrogen) atoms. The highest BCUT2D eigenvalue weighted by Crippen LogP contribution is 2.12. The number of carbonyl (C=O) groups excluding carboxylic acids is 2. The maximum Gasteiger partial charge on any atom is 0.306 e. The molecule has 1 N–H and O–H groups in total. The number of hydrogen-bond donors (Lipinski definition) is 1. The van der Waals surface area contributed by atoms with E-state index in [0.29, 0.717) is 12.8 Å². The Bertz CT molecular complexity index is 667. The van der Waals surface area contributed by atoms with Gasteiger partial charge in [0.2, 0.25) is 0 Å². The fourth-order valence-electron chi connectivity index (χ4n) is 4.56. The van der Waals surface area contributed by atoms with Crippen molar-refractivity contribution in [1.29, 1.82) is 0 Å². The Kier molecular flexibility index (Phi) is 31.1. The Labute approximate surface area is 253 Å². The van der Waals surface area contributed by atoms with Crippen LogP contribution in [0, 0.1) is 0 Å². The summed E-state index contributed by atoms with van der Waals surface area (Å²) in [5.74, 6) is -0.619. The minimum atomic E-state index is -0.778. The second-order valence-corrected chi connectivity index (χ2v) is 11.2. The smallest absolute Gasteiger partial charge is 0.306 e. The molecular formula is C36H64O5. The summed E-state index contributed by atoms with van der Waals surface area (Å²) in [4.78, 5) is 24.1. The number of hydrogen-bond acceptors (Lipinski definition) is 5. The SMILES string of the molecule is CCCCC/C=C/C/C=C/C/C=C/CCCCCCC(=O)O[C@@H](CO)COC(=O)CCCCCCCCCCCC. The molecule has 0 aliphatic heterocycles. The summed E-state index contributed by atoms with van der Waals surface area (Å²) in [6.45, 7) is 4.06. The predicted molar refractivity (Wildman–Crippen MR) is 173 cm³/mol. The molecule has 5 nitrogen and oxygen atoms in total. The molecule has 0 aromatic carbocycles. The van der Waals surface area contributed by atoms with Gasteiger partial charge in [-0.1, -0.05) is 134 Å². The molecule has 0 bridgehead atoms. The number of unbranched alkanes of at least 4 members (excludes halogenated alkanes) is 16. The summed E-state index contributed by atoms with van der Waals surface area (Å²) >= 11 is 0. The van der Waals surface area contributed by atoms with Gasteiger partial charge in [0.1, 0.15) is 6.61 Å². The van der Waals surface area contributed by atoms with Crippen molar-refractivity contribution in [2.24, 2.45) is 0 Å². The van der Waals surface area contributed by atoms with E-state index in [4.69, 9.17) is 9.47 Å². The van der Waals surface area contributed by atoms with Gasteiger partial charge in [0.25, 0.3) is 0 Å². The van der Waals surface area contributed by atoms with Crippen molar-refractivity contribution in [2.75, 3.05) is 13.2 Å². The predicted octanol–water partition coefficient (Wildman–Crippen LogP) is 10.1. The molecule has 0 fully saturated rings. The quantitative estimate of drug-likeness (QED) is 0.0523. The van der Waals surface area contributed by atoms with Gasteiger partial charge in [-0.2, -0.15) is 0 Å². The van der Waals surface area contributed by atoms with E-state index in [1.165, 1.54) is 70.6 Å². The first kappa shape index (κ1) is 39.1. The van der Waals surface area contributed by atoms with Gasteiger partial charge in [0.05, 0.1) is 6.61 Å². The van der Waals surface area contributed by atoms with Gasteiger partial charge < -0.3 is 14.6 Å². The van der Waals surface area contributed by atoms with Crippen LogP contribution in [0.4, 0.5) is 0 Å². The number of ether oxygens (including phenoxy) is 2. The lowest BCUT2D eigenvalue weighted by atomic mass is 10.1. The summed E-state index contributed by atoms with van der Waals surface area (Å²) in [6.07, 6.45) is 37.6. The van der Waals surface area contributed by atoms with Crippen LogP contribution in [-0.4, -0.2) is 36.4 Å². The van der Waals surface area contributed by atoms with E-state index in [1.54, 1.807) is 0 Å². The van der Waals surface area contributed by atoms with Gasteiger partial charge in [0.15, 0.2) is 6.10 Å². The second-order valence-electron chi connectivity index (χ2n) is 11.2. The van der Waals surface area contributed by atoms with Crippen molar-refractivity contribution in [3.05, 3.63) is 36.5 Å². The third-order valence-electron chi connectivity index (χ3n) is 7.19. The Balaban J connectivity index is 3.64. The maximum atomic E-state index is 12.1. The van der Waals surface area contributed by atoms with E-state index in [-0.39, 0.29) is 25.2 Å². The molecule has 0 spiro atoms. The summed E-state index contributed by atoms with van der Waals surface area (Å²) in [7, 11) is 0. The summed E-state index contributed by atoms with van der Waals surface area (Å²) in [5.41, 5.74) is 0. The van der Waals surface area contributed by atoms with E-state index in [2.05, 4.69) is 50.3 Å². The fourth-order valence-corrected chi connectivity index (χ4v) is 4.56. The molecule has 0 saturated heterocycles. The van der Waals surface area contributed by atoms with E-state index in [0.717, 1.165) is 64.2 Å². The summed E-state index contributed by atoms with van der Waals surface area (Å²) in [6, 6.07) is 0. The average Bonchev–Trinajstić information content (AvgIpc) is 2.97. The lowest BCUT2D eigenvalue weighted by molar-refractivity contribution is -0.161. The van der Waals surface area contributed by atoms with Crippen molar-refractivity contribution < 1.29 is 24.2 Å². The molecule has 0 saturated carbocycles. The molecule has 0 aromatic heterocycles. The molecule has 0 aliphatic rings. The minimum Gasteiger partial charge on any atom is -0.462 e. The molecule has 0 rings (SSSR count). The number of esters is 2. The first-order valence-electron chi connectivity index (χ1n) is 17.0. The fraction of sp³-hybridized carbons (Fsp3) is 0.778. The van der Waals surface area contributed by atoms with Gasteiger partial charge in [0, 0.05) is 12.8 Å². The minimum absolute atomic E-state index is 0.0733. The molecule has 0 aromatic rings. The van der Waals surface area contributed by atoms with Crippen LogP contribution in [0.1, 0.15) is 162 Å². The van der Waals surface area contributed by atoms with Crippen molar-refractivity contribution >= 4 is 11.9 Å². The second kappa shape index (κ2) is 32.6. The lowest BCUT2D eigenvalue weighted by Crippen LogP contribution is -2.28. The third-order valence-corrected chi connectivity index (χ3v) is 7.19. The van der Waals surface area contributed by atoms with Crippen LogP contribution in [0.2, 0.25) is 0 Å². The molecule has 238 valence electrons. The summed E-state index contributed by atoms with van der Waals surface area (Å²) in [5, 5.41) is 9.49. The zero-order chi connectivity index (χ0) is 30.1. The monoisotopic (exact) mass is 576 g/mol. The van der Waals surface area contributed by atoms with Crippen LogP contribution in [0.25, 0.3) is 0 Å². The zero-order valence-electron chi connectivity index (χ0n) is 26.8. The van der Waals surface area contributed by atoms with Crippen LogP contribution in [-0.2, 0) is 19.1 Å². The molecule has 0 aliphatic carbocycles. The maximum absolute atomic E-state index is 12.1. The van der Waals surface area contributed by atoms with E-state index < -0.39 is 6.10 Å². The van der Waals surface area contributed by atoms with Gasteiger partial charge in [-0.15, -0.1) is 0 Å². The van der Waals surface area contributed by atoms with Gasteiger partial charge in [-0.3, -0.25) is 9.59 Å². The van der Waals surface area contributed by atoms with Gasteiger partial charge in [-0.25, -0.2) is 0 Å². The standard InChI is InChI=1S/C36H64O5/c1-3-5-7-9-11-13-15-16-17-18-19-20-21-23-25-27-29-31-36(39)41-34(32-37)33-40-35(38)30-28-26-24-22-14-12-10-8-6-4-2/h11,13,16-17,19-20,34,37H,3-10,12,14-15,18,21-33H2,1-2H3/b13-11+,17-16+,20-19+/t34-/m0/s1. The molecule has 0 amide bonds. The van der Waals surface area contributed by atoms with Gasteiger partial charge in [-0.05, 0) is 51.4 Å². The third kappa shape index (κ3) is 30.9. The molecule has 0 radical (unpaired) electrons. The van der Waals surface area contributed by atoms with E-state index in [1.807, 2.05) is 0 Å². The summed E-state index contributed by atoms with van der Waals surface area (Å²) < 4.78 is 10.5. The molecule has 0 heterocycles. The molecule has 0 unspecified atom stereocenters. The van der Waals surface area contributed by atoms with Crippen LogP contribution in [0.3, 0.4) is 0 Å². The lowest BCUT2D eigenvalue weighted by Gasteiger charge is -2.15.